The molecule has 0 aromatic carbocycles. The van der Waals surface area contributed by atoms with Crippen LogP contribution in [0, 0.1) is 6.92 Å². The summed E-state index contributed by atoms with van der Waals surface area (Å²) in [6.45, 7) is 3.56. The fourth-order valence-electron chi connectivity index (χ4n) is 2.70. The monoisotopic (exact) mass is 245 g/mol. The van der Waals surface area contributed by atoms with Gasteiger partial charge in [0.05, 0.1) is 0 Å². The maximum absolute atomic E-state index is 10.8. The number of likely N-dealkylation sites (tertiary alicyclic amines) is 1. The average Bonchev–Trinajstić information content (AvgIpc) is 2.94. The van der Waals surface area contributed by atoms with Crippen molar-refractivity contribution < 1.29 is 4.79 Å². The quantitative estimate of drug-likeness (QED) is 0.784. The van der Waals surface area contributed by atoms with E-state index < -0.39 is 0 Å². The van der Waals surface area contributed by atoms with Gasteiger partial charge in [-0.1, -0.05) is 0 Å². The maximum atomic E-state index is 10.8. The second-order valence-electron chi connectivity index (χ2n) is 4.74. The summed E-state index contributed by atoms with van der Waals surface area (Å²) in [7, 11) is 0. The number of hydrogen-bond donors (Lipinski definition) is 1. The van der Waals surface area contributed by atoms with Crippen molar-refractivity contribution in [3.05, 3.63) is 23.7 Å². The van der Waals surface area contributed by atoms with E-state index in [1.165, 1.54) is 6.33 Å². The summed E-state index contributed by atoms with van der Waals surface area (Å²) in [5, 5.41) is 4.28. The van der Waals surface area contributed by atoms with Crippen LogP contribution < -0.4 is 5.73 Å². The molecule has 6 heteroatoms. The molecule has 1 unspecified atom stereocenters. The largest absolute Gasteiger partial charge is 0.382 e. The van der Waals surface area contributed by atoms with E-state index in [4.69, 9.17) is 5.73 Å². The van der Waals surface area contributed by atoms with E-state index in [1.54, 1.807) is 4.90 Å². The van der Waals surface area contributed by atoms with E-state index in [2.05, 4.69) is 16.1 Å². The van der Waals surface area contributed by atoms with Gasteiger partial charge in [-0.25, -0.2) is 9.50 Å². The molecule has 3 heterocycles. The van der Waals surface area contributed by atoms with Gasteiger partial charge in [-0.05, 0) is 25.0 Å². The molecule has 3 rings (SSSR count). The predicted octanol–water partition coefficient (Wildman–Crippen LogP) is 0.566. The first-order valence-corrected chi connectivity index (χ1v) is 5.98. The van der Waals surface area contributed by atoms with Crippen LogP contribution in [0.25, 0.3) is 5.52 Å². The molecule has 0 bridgehead atoms. The van der Waals surface area contributed by atoms with Crippen molar-refractivity contribution in [3.8, 4) is 0 Å². The Morgan fingerprint density at radius 2 is 2.39 bits per heavy atom. The molecule has 1 atom stereocenters. The first kappa shape index (κ1) is 11.0. The van der Waals surface area contributed by atoms with Crippen LogP contribution in [0.2, 0.25) is 0 Å². The number of aryl methyl sites for hydroxylation is 1. The van der Waals surface area contributed by atoms with Crippen LogP contribution in [-0.2, 0) is 4.79 Å². The highest BCUT2D eigenvalue weighted by atomic mass is 16.1. The van der Waals surface area contributed by atoms with Crippen LogP contribution in [0.3, 0.4) is 0 Å². The van der Waals surface area contributed by atoms with Gasteiger partial charge in [0.2, 0.25) is 6.41 Å². The third kappa shape index (κ3) is 1.53. The lowest BCUT2D eigenvalue weighted by molar-refractivity contribution is -0.117. The lowest BCUT2D eigenvalue weighted by atomic mass is 10.1. The smallest absolute Gasteiger partial charge is 0.209 e. The van der Waals surface area contributed by atoms with Crippen LogP contribution in [-0.4, -0.2) is 39.0 Å². The van der Waals surface area contributed by atoms with Crippen molar-refractivity contribution in [2.75, 3.05) is 18.8 Å². The lowest BCUT2D eigenvalue weighted by Gasteiger charge is -2.10. The third-order valence-electron chi connectivity index (χ3n) is 3.59. The van der Waals surface area contributed by atoms with Gasteiger partial charge in [0.25, 0.3) is 0 Å². The minimum absolute atomic E-state index is 0.325. The zero-order valence-electron chi connectivity index (χ0n) is 10.2. The summed E-state index contributed by atoms with van der Waals surface area (Å²) in [5.74, 6) is 0.824. The van der Waals surface area contributed by atoms with Gasteiger partial charge >= 0.3 is 0 Å². The minimum atomic E-state index is 0.325. The van der Waals surface area contributed by atoms with E-state index >= 15 is 0 Å². The number of nitrogens with zero attached hydrogens (tertiary/aromatic N) is 4. The Morgan fingerprint density at radius 3 is 3.11 bits per heavy atom. The molecule has 0 radical (unpaired) electrons. The Bertz CT molecular complexity index is 606. The molecule has 1 fully saturated rings. The van der Waals surface area contributed by atoms with Gasteiger partial charge in [-0.3, -0.25) is 4.79 Å². The molecule has 2 N–H and O–H groups in total. The molecule has 18 heavy (non-hydrogen) atoms. The number of carbonyl (C=O) groups is 1. The molecule has 1 aliphatic heterocycles. The molecule has 1 amide bonds. The Kier molecular flexibility index (Phi) is 2.43. The normalized spacial score (nSPS) is 19.6. The van der Waals surface area contributed by atoms with Crippen LogP contribution in [0.1, 0.15) is 23.6 Å². The summed E-state index contributed by atoms with van der Waals surface area (Å²) < 4.78 is 1.86. The first-order valence-electron chi connectivity index (χ1n) is 5.98. The first-order chi connectivity index (χ1) is 8.70. The number of nitrogens with two attached hydrogens (primary N) is 1. The number of hydrogen-bond acceptors (Lipinski definition) is 4. The van der Waals surface area contributed by atoms with Crippen LogP contribution >= 0.6 is 0 Å². The van der Waals surface area contributed by atoms with E-state index in [1.807, 2.05) is 11.4 Å². The van der Waals surface area contributed by atoms with Crippen molar-refractivity contribution in [1.29, 1.82) is 0 Å². The van der Waals surface area contributed by atoms with Gasteiger partial charge in [0, 0.05) is 24.7 Å². The standard InChI is InChI=1S/C12H15N5O/c1-8-4-10(9-2-3-16(5-9)7-18)17-11(8)12(13)14-6-15-17/h4,6-7,9H,2-3,5H2,1H3,(H2,13,14,15). The molecule has 1 aliphatic rings. The van der Waals surface area contributed by atoms with Gasteiger partial charge in [0.15, 0.2) is 5.82 Å². The average molecular weight is 245 g/mol. The number of anilines is 1. The van der Waals surface area contributed by atoms with Crippen LogP contribution in [0.15, 0.2) is 12.4 Å². The summed E-state index contributed by atoms with van der Waals surface area (Å²) in [5.41, 5.74) is 8.94. The van der Waals surface area contributed by atoms with Crippen molar-refractivity contribution in [2.45, 2.75) is 19.3 Å². The number of rotatable bonds is 2. The highest BCUT2D eigenvalue weighted by molar-refractivity contribution is 5.70. The number of carbonyl (C=O) groups excluding carboxylic acids is 1. The second-order valence-corrected chi connectivity index (χ2v) is 4.74. The number of aromatic nitrogens is 3. The molecule has 6 nitrogen and oxygen atoms in total. The fraction of sp³-hybridized carbons (Fsp3) is 0.417. The minimum Gasteiger partial charge on any atom is -0.382 e. The van der Waals surface area contributed by atoms with Crippen molar-refractivity contribution in [3.63, 3.8) is 0 Å². The molecule has 94 valence electrons. The zero-order valence-corrected chi connectivity index (χ0v) is 10.2. The molecular formula is C12H15N5O. The fourth-order valence-corrected chi connectivity index (χ4v) is 2.70. The van der Waals surface area contributed by atoms with E-state index in [0.29, 0.717) is 11.7 Å². The maximum Gasteiger partial charge on any atom is 0.209 e. The van der Waals surface area contributed by atoms with Gasteiger partial charge in [-0.2, -0.15) is 5.10 Å². The Labute approximate surface area is 104 Å². The Balaban J connectivity index is 2.08. The van der Waals surface area contributed by atoms with Crippen LogP contribution in [0.4, 0.5) is 5.82 Å². The Morgan fingerprint density at radius 1 is 1.56 bits per heavy atom. The topological polar surface area (TPSA) is 76.5 Å². The molecule has 0 saturated carbocycles. The van der Waals surface area contributed by atoms with E-state index in [9.17, 15) is 4.79 Å². The Hall–Kier alpha value is -2.11. The molecule has 1 saturated heterocycles. The predicted molar refractivity (Wildman–Crippen MR) is 67.1 cm³/mol. The summed E-state index contributed by atoms with van der Waals surface area (Å²) in [6, 6.07) is 2.10. The highest BCUT2D eigenvalue weighted by Gasteiger charge is 2.26. The van der Waals surface area contributed by atoms with E-state index in [-0.39, 0.29) is 0 Å². The van der Waals surface area contributed by atoms with E-state index in [0.717, 1.165) is 42.7 Å². The second kappa shape index (κ2) is 3.97. The SMILES string of the molecule is Cc1cc(C2CCN(C=O)C2)n2ncnc(N)c12. The molecule has 0 aliphatic carbocycles. The van der Waals surface area contributed by atoms with Gasteiger partial charge in [-0.15, -0.1) is 0 Å². The zero-order chi connectivity index (χ0) is 12.7. The lowest BCUT2D eigenvalue weighted by Crippen LogP contribution is -2.18. The molecule has 2 aromatic rings. The van der Waals surface area contributed by atoms with Crippen molar-refractivity contribution >= 4 is 17.7 Å². The number of nitrogen functional groups attached to an aromatic ring is 1. The van der Waals surface area contributed by atoms with Gasteiger partial charge in [0.1, 0.15) is 11.8 Å². The third-order valence-corrected chi connectivity index (χ3v) is 3.59. The number of amides is 1. The summed E-state index contributed by atoms with van der Waals surface area (Å²) >= 11 is 0. The highest BCUT2D eigenvalue weighted by Crippen LogP contribution is 2.30. The van der Waals surface area contributed by atoms with Crippen molar-refractivity contribution in [2.24, 2.45) is 0 Å². The molecular weight excluding hydrogens is 230 g/mol. The summed E-state index contributed by atoms with van der Waals surface area (Å²) in [4.78, 5) is 16.6. The van der Waals surface area contributed by atoms with Gasteiger partial charge < -0.3 is 10.6 Å². The molecule has 2 aromatic heterocycles. The number of fused-ring (bicyclic) bond motifs is 1. The molecule has 0 spiro atoms. The summed E-state index contributed by atoms with van der Waals surface area (Å²) in [6.07, 6.45) is 3.35. The van der Waals surface area contributed by atoms with Crippen molar-refractivity contribution in [1.82, 2.24) is 19.5 Å². The van der Waals surface area contributed by atoms with Crippen LogP contribution in [0.5, 0.6) is 0 Å².